The van der Waals surface area contributed by atoms with Crippen molar-refractivity contribution in [3.63, 3.8) is 0 Å². The Morgan fingerprint density at radius 3 is 1.62 bits per heavy atom. The first-order valence-electron chi connectivity index (χ1n) is 9.55. The Labute approximate surface area is 169 Å². The molecule has 3 heteroatoms. The van der Waals surface area contributed by atoms with Crippen molar-refractivity contribution in [2.24, 2.45) is 0 Å². The topological polar surface area (TPSA) is 60.7 Å². The zero-order valence-corrected chi connectivity index (χ0v) is 15.9. The van der Waals surface area contributed by atoms with Gasteiger partial charge in [-0.05, 0) is 64.1 Å². The van der Waals surface area contributed by atoms with E-state index >= 15 is 0 Å². The molecule has 0 saturated heterocycles. The second-order valence-electron chi connectivity index (χ2n) is 7.55. The number of rotatable bonds is 2. The van der Waals surface area contributed by atoms with E-state index in [4.69, 9.17) is 0 Å². The van der Waals surface area contributed by atoms with E-state index < -0.39 is 5.41 Å². The first-order valence-corrected chi connectivity index (χ1v) is 9.55. The van der Waals surface area contributed by atoms with Crippen LogP contribution < -0.4 is 0 Å². The highest BCUT2D eigenvalue weighted by Crippen LogP contribution is 2.56. The summed E-state index contributed by atoms with van der Waals surface area (Å²) in [6.45, 7) is 1.88. The number of hydrogen-bond donors (Lipinski definition) is 3. The Bertz CT molecular complexity index is 1160. The lowest BCUT2D eigenvalue weighted by Gasteiger charge is -2.34. The average Bonchev–Trinajstić information content (AvgIpc) is 3.04. The number of benzene rings is 4. The van der Waals surface area contributed by atoms with Crippen molar-refractivity contribution in [1.82, 2.24) is 0 Å². The maximum absolute atomic E-state index is 10.3. The Morgan fingerprint density at radius 1 is 0.552 bits per heavy atom. The van der Waals surface area contributed by atoms with Crippen molar-refractivity contribution < 1.29 is 15.3 Å². The SMILES string of the molecule is Cc1cc(C2(c3ccc(O)c(O)c3)c3ccccc3-c3ccccc32)ccc1O. The summed E-state index contributed by atoms with van der Waals surface area (Å²) in [5, 5.41) is 30.4. The van der Waals surface area contributed by atoms with Crippen LogP contribution in [0.25, 0.3) is 11.1 Å². The lowest BCUT2D eigenvalue weighted by atomic mass is 9.67. The predicted octanol–water partition coefficient (Wildman–Crippen LogP) is 5.47. The van der Waals surface area contributed by atoms with E-state index in [1.807, 2.05) is 49.4 Å². The smallest absolute Gasteiger partial charge is 0.157 e. The van der Waals surface area contributed by atoms with Crippen LogP contribution in [-0.4, -0.2) is 15.3 Å². The van der Waals surface area contributed by atoms with Crippen LogP contribution in [0.5, 0.6) is 17.2 Å². The summed E-state index contributed by atoms with van der Waals surface area (Å²) in [6.07, 6.45) is 0. The van der Waals surface area contributed by atoms with Gasteiger partial charge in [0.15, 0.2) is 11.5 Å². The van der Waals surface area contributed by atoms with Gasteiger partial charge in [0.2, 0.25) is 0 Å². The monoisotopic (exact) mass is 380 g/mol. The molecule has 3 N–H and O–H groups in total. The Hall–Kier alpha value is -3.72. The van der Waals surface area contributed by atoms with Gasteiger partial charge in [0, 0.05) is 0 Å². The Kier molecular flexibility index (Phi) is 3.68. The summed E-state index contributed by atoms with van der Waals surface area (Å²) in [4.78, 5) is 0. The summed E-state index contributed by atoms with van der Waals surface area (Å²) in [6, 6.07) is 27.2. The quantitative estimate of drug-likeness (QED) is 0.356. The van der Waals surface area contributed by atoms with E-state index in [1.54, 1.807) is 12.1 Å². The number of phenols is 3. The molecule has 1 aliphatic rings. The third-order valence-electron chi connectivity index (χ3n) is 5.99. The van der Waals surface area contributed by atoms with E-state index in [9.17, 15) is 15.3 Å². The van der Waals surface area contributed by atoms with Crippen LogP contribution in [0.3, 0.4) is 0 Å². The number of fused-ring (bicyclic) bond motifs is 3. The van der Waals surface area contributed by atoms with Gasteiger partial charge in [-0.2, -0.15) is 0 Å². The fraction of sp³-hybridized carbons (Fsp3) is 0.0769. The summed E-state index contributed by atoms with van der Waals surface area (Å²) in [7, 11) is 0. The molecule has 29 heavy (non-hydrogen) atoms. The van der Waals surface area contributed by atoms with Gasteiger partial charge in [0.25, 0.3) is 0 Å². The molecule has 0 bridgehead atoms. The molecule has 0 atom stereocenters. The molecule has 142 valence electrons. The van der Waals surface area contributed by atoms with Crippen LogP contribution in [0.1, 0.15) is 27.8 Å². The molecule has 0 fully saturated rings. The Balaban J connectivity index is 1.97. The molecule has 0 radical (unpaired) electrons. The number of aromatic hydroxyl groups is 3. The highest BCUT2D eigenvalue weighted by molar-refractivity contribution is 5.86. The van der Waals surface area contributed by atoms with Crippen molar-refractivity contribution in [2.45, 2.75) is 12.3 Å². The molecule has 0 unspecified atom stereocenters. The number of phenolic OH excluding ortho intramolecular Hbond substituents is 3. The van der Waals surface area contributed by atoms with Crippen LogP contribution in [0.2, 0.25) is 0 Å². The van der Waals surface area contributed by atoms with Crippen LogP contribution in [0, 0.1) is 6.92 Å². The summed E-state index contributed by atoms with van der Waals surface area (Å²) < 4.78 is 0. The summed E-state index contributed by atoms with van der Waals surface area (Å²) in [5.41, 5.74) is 6.46. The van der Waals surface area contributed by atoms with Gasteiger partial charge in [-0.15, -0.1) is 0 Å². The first kappa shape index (κ1) is 17.4. The largest absolute Gasteiger partial charge is 0.508 e. The van der Waals surface area contributed by atoms with Gasteiger partial charge in [-0.3, -0.25) is 0 Å². The Morgan fingerprint density at radius 2 is 1.07 bits per heavy atom. The van der Waals surface area contributed by atoms with E-state index in [1.165, 1.54) is 6.07 Å². The van der Waals surface area contributed by atoms with Crippen LogP contribution in [-0.2, 0) is 5.41 Å². The zero-order valence-electron chi connectivity index (χ0n) is 15.9. The molecule has 3 nitrogen and oxygen atoms in total. The van der Waals surface area contributed by atoms with Crippen molar-refractivity contribution in [2.75, 3.05) is 0 Å². The van der Waals surface area contributed by atoms with E-state index in [0.717, 1.165) is 38.9 Å². The molecule has 0 aromatic heterocycles. The van der Waals surface area contributed by atoms with Crippen LogP contribution >= 0.6 is 0 Å². The molecule has 4 aromatic carbocycles. The molecule has 4 aromatic rings. The van der Waals surface area contributed by atoms with Crippen LogP contribution in [0.15, 0.2) is 84.9 Å². The standard InChI is InChI=1S/C26H20O3/c1-16-14-17(10-12-23(16)27)26(18-11-13-24(28)25(29)15-18)21-8-4-2-6-19(21)20-7-3-5-9-22(20)26/h2-15,27-29H,1H3. The van der Waals surface area contributed by atoms with Crippen molar-refractivity contribution >= 4 is 0 Å². The van der Waals surface area contributed by atoms with E-state index in [0.29, 0.717) is 0 Å². The molecular weight excluding hydrogens is 360 g/mol. The van der Waals surface area contributed by atoms with E-state index in [-0.39, 0.29) is 17.2 Å². The second kappa shape index (κ2) is 6.14. The molecule has 1 aliphatic carbocycles. The minimum Gasteiger partial charge on any atom is -0.508 e. The fourth-order valence-electron chi connectivity index (χ4n) is 4.67. The van der Waals surface area contributed by atoms with Gasteiger partial charge in [0.1, 0.15) is 5.75 Å². The maximum atomic E-state index is 10.3. The first-order chi connectivity index (χ1) is 14.0. The summed E-state index contributed by atoms with van der Waals surface area (Å²) >= 11 is 0. The molecule has 0 spiro atoms. The average molecular weight is 380 g/mol. The summed E-state index contributed by atoms with van der Waals surface area (Å²) in [5.74, 6) is -0.0541. The molecule has 0 amide bonds. The molecular formula is C26H20O3. The molecule has 0 saturated carbocycles. The van der Waals surface area contributed by atoms with Crippen LogP contribution in [0.4, 0.5) is 0 Å². The van der Waals surface area contributed by atoms with Crippen molar-refractivity contribution in [3.8, 4) is 28.4 Å². The van der Waals surface area contributed by atoms with E-state index in [2.05, 4.69) is 24.3 Å². The van der Waals surface area contributed by atoms with Gasteiger partial charge in [0.05, 0.1) is 5.41 Å². The van der Waals surface area contributed by atoms with Crippen molar-refractivity contribution in [3.05, 3.63) is 113 Å². The molecule has 0 aliphatic heterocycles. The highest BCUT2D eigenvalue weighted by Gasteiger charge is 2.46. The molecule has 0 heterocycles. The third kappa shape index (κ3) is 2.31. The number of hydrogen-bond acceptors (Lipinski definition) is 3. The lowest BCUT2D eigenvalue weighted by Crippen LogP contribution is -2.28. The highest BCUT2D eigenvalue weighted by atomic mass is 16.3. The third-order valence-corrected chi connectivity index (χ3v) is 5.99. The van der Waals surface area contributed by atoms with Gasteiger partial charge < -0.3 is 15.3 Å². The maximum Gasteiger partial charge on any atom is 0.157 e. The minimum atomic E-state index is -0.670. The predicted molar refractivity (Wildman–Crippen MR) is 113 cm³/mol. The minimum absolute atomic E-state index is 0.148. The second-order valence-corrected chi connectivity index (χ2v) is 7.55. The number of aryl methyl sites for hydroxylation is 1. The lowest BCUT2D eigenvalue weighted by molar-refractivity contribution is 0.402. The van der Waals surface area contributed by atoms with Gasteiger partial charge in [-0.25, -0.2) is 0 Å². The fourth-order valence-corrected chi connectivity index (χ4v) is 4.67. The van der Waals surface area contributed by atoms with Gasteiger partial charge in [-0.1, -0.05) is 66.7 Å². The van der Waals surface area contributed by atoms with Gasteiger partial charge >= 0.3 is 0 Å². The normalized spacial score (nSPS) is 13.7. The molecule has 5 rings (SSSR count). The van der Waals surface area contributed by atoms with Crippen molar-refractivity contribution in [1.29, 1.82) is 0 Å². The zero-order chi connectivity index (χ0) is 20.2.